The summed E-state index contributed by atoms with van der Waals surface area (Å²) in [5, 5.41) is 38.7. The number of rotatable bonds is 9. The van der Waals surface area contributed by atoms with Crippen LogP contribution in [-0.4, -0.2) is 57.8 Å². The fourth-order valence-electron chi connectivity index (χ4n) is 1.34. The molecule has 3 atom stereocenters. The molecule has 0 unspecified atom stereocenters. The predicted molar refractivity (Wildman–Crippen MR) is 62.3 cm³/mol. The zero-order chi connectivity index (χ0) is 13.3. The summed E-state index contributed by atoms with van der Waals surface area (Å²) in [5.41, 5.74) is 0. The Bertz CT molecular complexity index is 212. The first kappa shape index (κ1) is 16.3. The summed E-state index contributed by atoms with van der Waals surface area (Å²) < 4.78 is 0. The van der Waals surface area contributed by atoms with E-state index in [1.54, 1.807) is 0 Å². The maximum Gasteiger partial charge on any atom is 0.251 e. The van der Waals surface area contributed by atoms with Gasteiger partial charge in [-0.05, 0) is 6.42 Å². The van der Waals surface area contributed by atoms with Gasteiger partial charge in [0.2, 0.25) is 0 Å². The fraction of sp³-hybridized carbons (Fsp3) is 0.909. The number of unbranched alkanes of at least 4 members (excludes halogenated alkanes) is 3. The highest BCUT2D eigenvalue weighted by molar-refractivity contribution is 5.81. The molecule has 0 aliphatic heterocycles. The number of nitrogens with one attached hydrogen (secondary N) is 1. The average molecular weight is 249 g/mol. The summed E-state index contributed by atoms with van der Waals surface area (Å²) >= 11 is 0. The molecule has 0 aromatic carbocycles. The van der Waals surface area contributed by atoms with Gasteiger partial charge >= 0.3 is 0 Å². The van der Waals surface area contributed by atoms with Crippen LogP contribution in [0.25, 0.3) is 0 Å². The molecule has 0 heterocycles. The summed E-state index contributed by atoms with van der Waals surface area (Å²) in [6.07, 6.45) is -0.920. The van der Waals surface area contributed by atoms with E-state index in [9.17, 15) is 15.0 Å². The molecule has 0 aromatic rings. The third-order valence-electron chi connectivity index (χ3n) is 2.50. The second-order valence-electron chi connectivity index (χ2n) is 4.04. The van der Waals surface area contributed by atoms with Gasteiger partial charge in [0.25, 0.3) is 5.91 Å². The monoisotopic (exact) mass is 249 g/mol. The number of carbonyl (C=O) groups excluding carboxylic acids is 1. The zero-order valence-corrected chi connectivity index (χ0v) is 10.2. The third kappa shape index (κ3) is 6.58. The van der Waals surface area contributed by atoms with Gasteiger partial charge in [-0.2, -0.15) is 0 Å². The minimum absolute atomic E-state index is 0.428. The van der Waals surface area contributed by atoms with Gasteiger partial charge in [-0.25, -0.2) is 0 Å². The van der Waals surface area contributed by atoms with Crippen LogP contribution in [-0.2, 0) is 4.79 Å². The number of hydrogen-bond acceptors (Lipinski definition) is 5. The Morgan fingerprint density at radius 3 is 2.35 bits per heavy atom. The van der Waals surface area contributed by atoms with Crippen LogP contribution in [0.5, 0.6) is 0 Å². The van der Waals surface area contributed by atoms with Crippen molar-refractivity contribution in [3.63, 3.8) is 0 Å². The Kier molecular flexibility index (Phi) is 8.97. The number of aliphatic hydroxyl groups excluding tert-OH is 4. The Morgan fingerprint density at radius 2 is 1.82 bits per heavy atom. The Labute approximate surface area is 101 Å². The normalized spacial score (nSPS) is 16.3. The van der Waals surface area contributed by atoms with Gasteiger partial charge in [0, 0.05) is 6.54 Å². The molecule has 0 aliphatic carbocycles. The topological polar surface area (TPSA) is 110 Å². The van der Waals surface area contributed by atoms with E-state index in [1.165, 1.54) is 0 Å². The maximum atomic E-state index is 11.3. The lowest BCUT2D eigenvalue weighted by Gasteiger charge is -2.20. The summed E-state index contributed by atoms with van der Waals surface area (Å²) in [6, 6.07) is 0. The highest BCUT2D eigenvalue weighted by Crippen LogP contribution is 2.01. The molecule has 0 saturated heterocycles. The molecule has 5 N–H and O–H groups in total. The first-order valence-electron chi connectivity index (χ1n) is 5.97. The molecule has 6 heteroatoms. The average Bonchev–Trinajstić information content (AvgIpc) is 2.35. The van der Waals surface area contributed by atoms with Crippen molar-refractivity contribution in [1.82, 2.24) is 5.32 Å². The minimum atomic E-state index is -1.72. The van der Waals surface area contributed by atoms with Crippen LogP contribution in [0.15, 0.2) is 0 Å². The first-order chi connectivity index (χ1) is 8.04. The van der Waals surface area contributed by atoms with Gasteiger partial charge in [-0.15, -0.1) is 0 Å². The largest absolute Gasteiger partial charge is 0.394 e. The van der Waals surface area contributed by atoms with E-state index in [4.69, 9.17) is 10.2 Å². The van der Waals surface area contributed by atoms with E-state index in [2.05, 4.69) is 12.2 Å². The van der Waals surface area contributed by atoms with Crippen molar-refractivity contribution in [2.75, 3.05) is 13.2 Å². The van der Waals surface area contributed by atoms with E-state index in [-0.39, 0.29) is 0 Å². The molecule has 0 saturated carbocycles. The molecule has 17 heavy (non-hydrogen) atoms. The molecule has 0 rings (SSSR count). The maximum absolute atomic E-state index is 11.3. The lowest BCUT2D eigenvalue weighted by atomic mass is 10.1. The second kappa shape index (κ2) is 9.35. The van der Waals surface area contributed by atoms with Crippen LogP contribution in [0, 0.1) is 0 Å². The number of amides is 1. The molecule has 0 aromatic heterocycles. The smallest absolute Gasteiger partial charge is 0.251 e. The highest BCUT2D eigenvalue weighted by Gasteiger charge is 2.29. The lowest BCUT2D eigenvalue weighted by molar-refractivity contribution is -0.142. The van der Waals surface area contributed by atoms with Crippen LogP contribution >= 0.6 is 0 Å². The van der Waals surface area contributed by atoms with Crippen molar-refractivity contribution in [2.45, 2.75) is 50.9 Å². The van der Waals surface area contributed by atoms with Crippen molar-refractivity contribution in [1.29, 1.82) is 0 Å². The predicted octanol–water partition coefficient (Wildman–Crippen LogP) is -1.24. The minimum Gasteiger partial charge on any atom is -0.394 e. The summed E-state index contributed by atoms with van der Waals surface area (Å²) in [6.45, 7) is 1.80. The zero-order valence-electron chi connectivity index (χ0n) is 10.2. The van der Waals surface area contributed by atoms with Crippen molar-refractivity contribution >= 4 is 5.91 Å². The number of aliphatic hydroxyl groups is 4. The molecular weight excluding hydrogens is 226 g/mol. The van der Waals surface area contributed by atoms with Gasteiger partial charge in [0.15, 0.2) is 6.10 Å². The van der Waals surface area contributed by atoms with Gasteiger partial charge in [-0.3, -0.25) is 4.79 Å². The van der Waals surface area contributed by atoms with Crippen molar-refractivity contribution < 1.29 is 25.2 Å². The molecule has 1 amide bonds. The molecule has 0 aliphatic rings. The highest BCUT2D eigenvalue weighted by atomic mass is 16.4. The second-order valence-corrected chi connectivity index (χ2v) is 4.04. The molecular formula is C11H23NO5. The van der Waals surface area contributed by atoms with Crippen molar-refractivity contribution in [3.05, 3.63) is 0 Å². The summed E-state index contributed by atoms with van der Waals surface area (Å²) in [7, 11) is 0. The van der Waals surface area contributed by atoms with E-state index in [0.29, 0.717) is 6.54 Å². The summed E-state index contributed by atoms with van der Waals surface area (Å²) in [5.74, 6) is -0.735. The van der Waals surface area contributed by atoms with Crippen LogP contribution in [0.2, 0.25) is 0 Å². The Morgan fingerprint density at radius 1 is 1.18 bits per heavy atom. The van der Waals surface area contributed by atoms with Crippen LogP contribution < -0.4 is 5.32 Å². The number of carbonyl (C=O) groups is 1. The van der Waals surface area contributed by atoms with E-state index in [0.717, 1.165) is 25.7 Å². The fourth-order valence-corrected chi connectivity index (χ4v) is 1.34. The molecule has 0 bridgehead atoms. The quantitative estimate of drug-likeness (QED) is 0.328. The first-order valence-corrected chi connectivity index (χ1v) is 5.97. The van der Waals surface area contributed by atoms with E-state index < -0.39 is 30.8 Å². The van der Waals surface area contributed by atoms with E-state index >= 15 is 0 Å². The van der Waals surface area contributed by atoms with Gasteiger partial charge < -0.3 is 25.7 Å². The van der Waals surface area contributed by atoms with Crippen molar-refractivity contribution in [2.24, 2.45) is 0 Å². The Balaban J connectivity index is 3.81. The SMILES string of the molecule is CCCCCCNC(=O)[C@H](O)[C@@H](O)[C@@H](O)CO. The molecule has 0 spiro atoms. The lowest BCUT2D eigenvalue weighted by Crippen LogP contribution is -2.48. The van der Waals surface area contributed by atoms with Crippen LogP contribution in [0.1, 0.15) is 32.6 Å². The van der Waals surface area contributed by atoms with Crippen LogP contribution in [0.4, 0.5) is 0 Å². The summed E-state index contributed by atoms with van der Waals surface area (Å²) in [4.78, 5) is 11.3. The Hall–Kier alpha value is -0.690. The molecule has 102 valence electrons. The van der Waals surface area contributed by atoms with Gasteiger partial charge in [0.1, 0.15) is 12.2 Å². The van der Waals surface area contributed by atoms with Crippen LogP contribution in [0.3, 0.4) is 0 Å². The third-order valence-corrected chi connectivity index (χ3v) is 2.50. The van der Waals surface area contributed by atoms with E-state index in [1.807, 2.05) is 0 Å². The van der Waals surface area contributed by atoms with Gasteiger partial charge in [-0.1, -0.05) is 26.2 Å². The standard InChI is InChI=1S/C11H23NO5/c1-2-3-4-5-6-12-11(17)10(16)9(15)8(14)7-13/h8-10,13-16H,2-7H2,1H3,(H,12,17)/t8-,9-,10+/m0/s1. The number of hydrogen-bond donors (Lipinski definition) is 5. The molecule has 6 nitrogen and oxygen atoms in total. The van der Waals surface area contributed by atoms with Crippen molar-refractivity contribution in [3.8, 4) is 0 Å². The molecule has 0 fully saturated rings. The molecule has 0 radical (unpaired) electrons. The van der Waals surface area contributed by atoms with Gasteiger partial charge in [0.05, 0.1) is 6.61 Å².